The van der Waals surface area contributed by atoms with Crippen LogP contribution in [0.1, 0.15) is 52.9 Å². The van der Waals surface area contributed by atoms with Gasteiger partial charge in [0, 0.05) is 19.9 Å². The Kier molecular flexibility index (Phi) is 10.2. The topological polar surface area (TPSA) is 184 Å². The third-order valence-corrected chi connectivity index (χ3v) is 7.80. The minimum Gasteiger partial charge on any atom is -0.507 e. The van der Waals surface area contributed by atoms with Gasteiger partial charge >= 0.3 is 5.97 Å². The highest BCUT2D eigenvalue weighted by Gasteiger charge is 2.37. The summed E-state index contributed by atoms with van der Waals surface area (Å²) in [7, 11) is -2.05. The number of carbonyl (C=O) groups excluding carboxylic acids is 4. The van der Waals surface area contributed by atoms with Crippen molar-refractivity contribution < 1.29 is 42.9 Å². The predicted molar refractivity (Wildman–Crippen MR) is 143 cm³/mol. The number of phenolic OH excluding ortho intramolecular Hbond substituents is 1. The minimum absolute atomic E-state index is 0.0239. The minimum atomic E-state index is -3.26. The Morgan fingerprint density at radius 2 is 1.85 bits per heavy atom. The highest BCUT2D eigenvalue weighted by molar-refractivity contribution is 8.23. The van der Waals surface area contributed by atoms with Gasteiger partial charge in [-0.2, -0.15) is 0 Å². The number of nitrogens with one attached hydrogen (secondary N) is 3. The van der Waals surface area contributed by atoms with E-state index in [0.717, 1.165) is 5.56 Å². The zero-order valence-corrected chi connectivity index (χ0v) is 22.5. The van der Waals surface area contributed by atoms with Crippen molar-refractivity contribution in [1.29, 1.82) is 0 Å². The summed E-state index contributed by atoms with van der Waals surface area (Å²) in [5.41, 5.74) is 1.27. The Hall–Kier alpha value is -3.81. The molecule has 0 aliphatic carbocycles. The molecule has 1 fully saturated rings. The summed E-state index contributed by atoms with van der Waals surface area (Å²) >= 11 is 0. The van der Waals surface area contributed by atoms with Gasteiger partial charge in [-0.05, 0) is 36.1 Å². The van der Waals surface area contributed by atoms with E-state index in [-0.39, 0.29) is 48.3 Å². The van der Waals surface area contributed by atoms with E-state index in [0.29, 0.717) is 24.9 Å². The highest BCUT2D eigenvalue weighted by Crippen LogP contribution is 2.56. The van der Waals surface area contributed by atoms with Crippen molar-refractivity contribution in [2.24, 2.45) is 0 Å². The van der Waals surface area contributed by atoms with Gasteiger partial charge in [0.25, 0.3) is 0 Å². The van der Waals surface area contributed by atoms with Crippen molar-refractivity contribution >= 4 is 34.5 Å². The second-order valence-electron chi connectivity index (χ2n) is 9.00. The molecule has 212 valence electrons. The van der Waals surface area contributed by atoms with Crippen molar-refractivity contribution in [2.45, 2.75) is 43.9 Å². The highest BCUT2D eigenvalue weighted by atomic mass is 32.3. The third kappa shape index (κ3) is 8.09. The average Bonchev–Trinajstić information content (AvgIpc) is 3.16. The zero-order chi connectivity index (χ0) is 28.6. The molecule has 13 heteroatoms. The number of benzene rings is 2. The normalized spacial score (nSPS) is 17.4. The van der Waals surface area contributed by atoms with Gasteiger partial charge in [0.1, 0.15) is 28.4 Å². The molecule has 0 saturated carbocycles. The summed E-state index contributed by atoms with van der Waals surface area (Å²) in [5.74, 6) is -1.91. The van der Waals surface area contributed by atoms with Crippen molar-refractivity contribution in [2.75, 3.05) is 20.3 Å². The van der Waals surface area contributed by atoms with E-state index in [1.54, 1.807) is 36.4 Å². The average molecular weight is 564 g/mol. The Morgan fingerprint density at radius 1 is 1.13 bits per heavy atom. The number of aromatic hydroxyl groups is 1. The van der Waals surface area contributed by atoms with Crippen LogP contribution in [0, 0.1) is 0 Å². The molecule has 0 spiro atoms. The molecule has 2 aromatic carbocycles. The molecule has 2 atom stereocenters. The first kappa shape index (κ1) is 29.7. The molecule has 39 heavy (non-hydrogen) atoms. The van der Waals surface area contributed by atoms with Crippen molar-refractivity contribution in [1.82, 2.24) is 15.4 Å². The van der Waals surface area contributed by atoms with Gasteiger partial charge < -0.3 is 25.2 Å². The molecule has 1 aliphatic heterocycles. The SMILES string of the molecule is COC(=O)c1c(O)cccc1OCCCCNC(=O)[C@H](Cc1ccc(C2CC(=O)NS2(O)O)cc1)NC(C)=O. The van der Waals surface area contributed by atoms with Gasteiger partial charge in [0.2, 0.25) is 17.7 Å². The summed E-state index contributed by atoms with van der Waals surface area (Å²) < 4.78 is 32.6. The first-order valence-corrected chi connectivity index (χ1v) is 13.9. The molecular formula is C26H33N3O9S. The predicted octanol–water partition coefficient (Wildman–Crippen LogP) is 2.43. The number of hydrogen-bond acceptors (Lipinski definition) is 9. The zero-order valence-electron chi connectivity index (χ0n) is 21.6. The number of esters is 1. The van der Waals surface area contributed by atoms with Gasteiger partial charge in [-0.3, -0.25) is 28.2 Å². The molecule has 2 aromatic rings. The molecule has 1 heterocycles. The molecule has 3 rings (SSSR count). The summed E-state index contributed by atoms with van der Waals surface area (Å²) in [5, 5.41) is 14.6. The standard InChI is InChI=1S/C26H33N3O9S/c1-16(30)28-19(14-17-8-10-18(11-9-17)22-15-23(32)29-39(22,35)36)25(33)27-12-3-4-13-38-21-7-5-6-20(31)24(21)26(34)37-2/h5-11,19,22,31,35-36H,3-4,12-15H2,1-2H3,(H,27,33)(H,28,30)(H,29,32)/t19-,22?/m0/s1. The lowest BCUT2D eigenvalue weighted by Gasteiger charge is -2.32. The molecule has 12 nitrogen and oxygen atoms in total. The van der Waals surface area contributed by atoms with Gasteiger partial charge in [0.15, 0.2) is 0 Å². The Labute approximate surface area is 227 Å². The van der Waals surface area contributed by atoms with Crippen LogP contribution in [0.3, 0.4) is 0 Å². The quantitative estimate of drug-likeness (QED) is 0.167. The maximum Gasteiger partial charge on any atom is 0.345 e. The molecule has 1 saturated heterocycles. The van der Waals surface area contributed by atoms with Crippen molar-refractivity contribution in [3.63, 3.8) is 0 Å². The summed E-state index contributed by atoms with van der Waals surface area (Å²) in [6, 6.07) is 10.4. The van der Waals surface area contributed by atoms with Crippen molar-refractivity contribution in [3.8, 4) is 11.5 Å². The van der Waals surface area contributed by atoms with Gasteiger partial charge in [-0.15, -0.1) is 10.8 Å². The molecule has 6 N–H and O–H groups in total. The molecular weight excluding hydrogens is 530 g/mol. The fourth-order valence-corrected chi connectivity index (χ4v) is 5.60. The molecule has 3 amide bonds. The van der Waals surface area contributed by atoms with Crippen LogP contribution in [-0.4, -0.2) is 64.2 Å². The largest absolute Gasteiger partial charge is 0.507 e. The van der Waals surface area contributed by atoms with E-state index in [4.69, 9.17) is 4.74 Å². The fourth-order valence-electron chi connectivity index (χ4n) is 4.12. The van der Waals surface area contributed by atoms with Gasteiger partial charge in [-0.1, -0.05) is 30.3 Å². The van der Waals surface area contributed by atoms with E-state index < -0.39 is 33.9 Å². The van der Waals surface area contributed by atoms with Crippen LogP contribution in [0.15, 0.2) is 42.5 Å². The molecule has 1 aliphatic rings. The number of ether oxygens (including phenoxy) is 2. The molecule has 1 unspecified atom stereocenters. The van der Waals surface area contributed by atoms with E-state index in [1.807, 2.05) is 0 Å². The Morgan fingerprint density at radius 3 is 2.46 bits per heavy atom. The summed E-state index contributed by atoms with van der Waals surface area (Å²) in [4.78, 5) is 47.9. The van der Waals surface area contributed by atoms with Crippen LogP contribution in [0.5, 0.6) is 11.5 Å². The maximum absolute atomic E-state index is 12.8. The fraction of sp³-hybridized carbons (Fsp3) is 0.385. The van der Waals surface area contributed by atoms with Crippen LogP contribution in [0.25, 0.3) is 0 Å². The molecule has 0 aromatic heterocycles. The number of amides is 3. The lowest BCUT2D eigenvalue weighted by Crippen LogP contribution is -2.47. The third-order valence-electron chi connectivity index (χ3n) is 6.04. The van der Waals surface area contributed by atoms with Crippen LogP contribution in [0.2, 0.25) is 0 Å². The number of rotatable bonds is 12. The van der Waals surface area contributed by atoms with E-state index in [2.05, 4.69) is 20.1 Å². The molecule has 0 bridgehead atoms. The lowest BCUT2D eigenvalue weighted by molar-refractivity contribution is -0.128. The van der Waals surface area contributed by atoms with Crippen molar-refractivity contribution in [3.05, 3.63) is 59.2 Å². The first-order chi connectivity index (χ1) is 18.5. The second-order valence-corrected chi connectivity index (χ2v) is 11.0. The number of methoxy groups -OCH3 is 1. The number of unbranched alkanes of at least 4 members (excludes halogenated alkanes) is 1. The molecule has 0 radical (unpaired) electrons. The Bertz CT molecular complexity index is 1200. The van der Waals surface area contributed by atoms with E-state index >= 15 is 0 Å². The lowest BCUT2D eigenvalue weighted by atomic mass is 10.0. The van der Waals surface area contributed by atoms with E-state index in [1.165, 1.54) is 20.1 Å². The van der Waals surface area contributed by atoms with Gasteiger partial charge in [0.05, 0.1) is 20.1 Å². The maximum atomic E-state index is 12.8. The summed E-state index contributed by atoms with van der Waals surface area (Å²) in [6.45, 7) is 1.87. The Balaban J connectivity index is 1.49. The number of phenols is 1. The van der Waals surface area contributed by atoms with Gasteiger partial charge in [-0.25, -0.2) is 4.79 Å². The van der Waals surface area contributed by atoms with Crippen LogP contribution < -0.4 is 20.1 Å². The summed E-state index contributed by atoms with van der Waals surface area (Å²) in [6.07, 6.45) is 1.28. The first-order valence-electron chi connectivity index (χ1n) is 12.3. The number of hydrogen-bond donors (Lipinski definition) is 6. The second kappa shape index (κ2) is 13.3. The van der Waals surface area contributed by atoms with Crippen LogP contribution >= 0.6 is 10.8 Å². The van der Waals surface area contributed by atoms with Crippen LogP contribution in [-0.2, 0) is 25.5 Å². The van der Waals surface area contributed by atoms with Crippen LogP contribution in [0.4, 0.5) is 0 Å². The van der Waals surface area contributed by atoms with E-state index in [9.17, 15) is 33.4 Å². The number of carbonyl (C=O) groups is 4. The smallest absolute Gasteiger partial charge is 0.345 e. The monoisotopic (exact) mass is 563 g/mol.